The molecule has 0 spiro atoms. The highest BCUT2D eigenvalue weighted by molar-refractivity contribution is 9.10. The molecular formula is C14H12BrN5O. The van der Waals surface area contributed by atoms with Crippen molar-refractivity contribution in [2.24, 2.45) is 0 Å². The topological polar surface area (TPSA) is 78.8 Å². The first kappa shape index (κ1) is 13.6. The normalized spacial score (nSPS) is 10.6. The summed E-state index contributed by atoms with van der Waals surface area (Å²) in [6.45, 7) is 0. The van der Waals surface area contributed by atoms with Crippen LogP contribution in [0.15, 0.2) is 46.9 Å². The van der Waals surface area contributed by atoms with Gasteiger partial charge in [0, 0.05) is 15.7 Å². The molecule has 0 radical (unpaired) electrons. The van der Waals surface area contributed by atoms with Gasteiger partial charge < -0.3 is 10.5 Å². The molecular weight excluding hydrogens is 334 g/mol. The number of nitrogen functional groups attached to an aromatic ring is 1. The molecule has 6 nitrogen and oxygen atoms in total. The van der Waals surface area contributed by atoms with Gasteiger partial charge in [-0.3, -0.25) is 0 Å². The Kier molecular flexibility index (Phi) is 3.57. The second-order valence-corrected chi connectivity index (χ2v) is 5.26. The van der Waals surface area contributed by atoms with E-state index in [0.717, 1.165) is 15.7 Å². The number of ether oxygens (including phenoxy) is 1. The van der Waals surface area contributed by atoms with Crippen molar-refractivity contribution in [3.05, 3.63) is 46.9 Å². The Morgan fingerprint density at radius 1 is 1.14 bits per heavy atom. The van der Waals surface area contributed by atoms with Crippen molar-refractivity contribution < 1.29 is 4.74 Å². The number of nitrogens with zero attached hydrogens (tertiary/aromatic N) is 4. The van der Waals surface area contributed by atoms with Gasteiger partial charge in [-0.1, -0.05) is 15.9 Å². The zero-order valence-electron chi connectivity index (χ0n) is 11.2. The van der Waals surface area contributed by atoms with Crippen molar-refractivity contribution in [2.75, 3.05) is 12.8 Å². The molecule has 2 N–H and O–H groups in total. The van der Waals surface area contributed by atoms with Gasteiger partial charge in [-0.2, -0.15) is 4.68 Å². The third-order valence-corrected chi connectivity index (χ3v) is 3.57. The SMILES string of the molecule is COc1ccc(N)c(-c2nnnn2-c2ccc(Br)cc2)c1. The van der Waals surface area contributed by atoms with Gasteiger partial charge in [0.05, 0.1) is 12.8 Å². The van der Waals surface area contributed by atoms with E-state index in [4.69, 9.17) is 10.5 Å². The highest BCUT2D eigenvalue weighted by Gasteiger charge is 2.14. The Morgan fingerprint density at radius 2 is 1.90 bits per heavy atom. The second-order valence-electron chi connectivity index (χ2n) is 4.34. The maximum absolute atomic E-state index is 6.03. The molecule has 0 aliphatic heterocycles. The minimum atomic E-state index is 0.564. The lowest BCUT2D eigenvalue weighted by Crippen LogP contribution is -2.02. The van der Waals surface area contributed by atoms with Crippen molar-refractivity contribution in [2.45, 2.75) is 0 Å². The maximum atomic E-state index is 6.03. The molecule has 0 fully saturated rings. The summed E-state index contributed by atoms with van der Waals surface area (Å²) >= 11 is 3.41. The van der Waals surface area contributed by atoms with Crippen LogP contribution in [-0.4, -0.2) is 27.3 Å². The number of hydrogen-bond donors (Lipinski definition) is 1. The molecule has 0 amide bonds. The van der Waals surface area contributed by atoms with Crippen LogP contribution in [0.3, 0.4) is 0 Å². The average molecular weight is 346 g/mol. The van der Waals surface area contributed by atoms with Crippen LogP contribution in [0.25, 0.3) is 17.1 Å². The minimum absolute atomic E-state index is 0.564. The summed E-state index contributed by atoms with van der Waals surface area (Å²) in [7, 11) is 1.60. The fraction of sp³-hybridized carbons (Fsp3) is 0.0714. The second kappa shape index (κ2) is 5.53. The Bertz CT molecular complexity index is 769. The van der Waals surface area contributed by atoms with E-state index in [1.165, 1.54) is 0 Å². The lowest BCUT2D eigenvalue weighted by molar-refractivity contribution is 0.415. The molecule has 2 aromatic carbocycles. The average Bonchev–Trinajstić information content (AvgIpc) is 2.98. The van der Waals surface area contributed by atoms with Gasteiger partial charge in [0.25, 0.3) is 0 Å². The van der Waals surface area contributed by atoms with Crippen molar-refractivity contribution in [3.63, 3.8) is 0 Å². The monoisotopic (exact) mass is 345 g/mol. The van der Waals surface area contributed by atoms with Crippen molar-refractivity contribution in [1.29, 1.82) is 0 Å². The zero-order valence-corrected chi connectivity index (χ0v) is 12.8. The molecule has 7 heteroatoms. The molecule has 0 aliphatic carbocycles. The van der Waals surface area contributed by atoms with E-state index < -0.39 is 0 Å². The first-order valence-electron chi connectivity index (χ1n) is 6.17. The number of halogens is 1. The van der Waals surface area contributed by atoms with Crippen LogP contribution >= 0.6 is 15.9 Å². The van der Waals surface area contributed by atoms with Gasteiger partial charge in [-0.05, 0) is 52.9 Å². The molecule has 21 heavy (non-hydrogen) atoms. The molecule has 3 rings (SSSR count). The Hall–Kier alpha value is -2.41. The molecule has 0 unspecified atom stereocenters. The van der Waals surface area contributed by atoms with Crippen molar-refractivity contribution in [1.82, 2.24) is 20.2 Å². The van der Waals surface area contributed by atoms with Gasteiger partial charge in [0.1, 0.15) is 5.75 Å². The Labute approximate surface area is 129 Å². The number of nitrogens with two attached hydrogens (primary N) is 1. The van der Waals surface area contributed by atoms with Crippen LogP contribution in [0.2, 0.25) is 0 Å². The largest absolute Gasteiger partial charge is 0.497 e. The highest BCUT2D eigenvalue weighted by atomic mass is 79.9. The van der Waals surface area contributed by atoms with Crippen LogP contribution in [0.1, 0.15) is 0 Å². The van der Waals surface area contributed by atoms with Crippen LogP contribution < -0.4 is 10.5 Å². The maximum Gasteiger partial charge on any atom is 0.189 e. The Balaban J connectivity index is 2.13. The fourth-order valence-electron chi connectivity index (χ4n) is 1.97. The van der Waals surface area contributed by atoms with Crippen molar-refractivity contribution in [3.8, 4) is 22.8 Å². The summed E-state index contributed by atoms with van der Waals surface area (Å²) in [4.78, 5) is 0. The number of anilines is 1. The van der Waals surface area contributed by atoms with E-state index >= 15 is 0 Å². The number of benzene rings is 2. The van der Waals surface area contributed by atoms with Crippen LogP contribution in [-0.2, 0) is 0 Å². The number of aromatic nitrogens is 4. The summed E-state index contributed by atoms with van der Waals surface area (Å²) < 4.78 is 7.85. The van der Waals surface area contributed by atoms with Crippen LogP contribution in [0.5, 0.6) is 5.75 Å². The molecule has 1 aromatic heterocycles. The molecule has 106 valence electrons. The van der Waals surface area contributed by atoms with Gasteiger partial charge >= 0.3 is 0 Å². The van der Waals surface area contributed by atoms with Gasteiger partial charge in [-0.25, -0.2) is 0 Å². The lowest BCUT2D eigenvalue weighted by Gasteiger charge is -2.08. The van der Waals surface area contributed by atoms with Gasteiger partial charge in [0.2, 0.25) is 0 Å². The van der Waals surface area contributed by atoms with Gasteiger partial charge in [0.15, 0.2) is 5.82 Å². The third kappa shape index (κ3) is 2.59. The predicted octanol–water partition coefficient (Wildman–Crippen LogP) is 2.68. The van der Waals surface area contributed by atoms with Crippen molar-refractivity contribution >= 4 is 21.6 Å². The number of hydrogen-bond acceptors (Lipinski definition) is 5. The summed E-state index contributed by atoms with van der Waals surface area (Å²) in [6, 6.07) is 13.1. The number of tetrazole rings is 1. The van der Waals surface area contributed by atoms with Crippen LogP contribution in [0.4, 0.5) is 5.69 Å². The van der Waals surface area contributed by atoms with E-state index in [9.17, 15) is 0 Å². The van der Waals surface area contributed by atoms with E-state index in [1.807, 2.05) is 30.3 Å². The van der Waals surface area contributed by atoms with E-state index in [-0.39, 0.29) is 0 Å². The number of methoxy groups -OCH3 is 1. The zero-order chi connectivity index (χ0) is 14.8. The highest BCUT2D eigenvalue weighted by Crippen LogP contribution is 2.29. The molecule has 0 saturated carbocycles. The molecule has 0 aliphatic rings. The molecule has 1 heterocycles. The van der Waals surface area contributed by atoms with Crippen LogP contribution in [0, 0.1) is 0 Å². The molecule has 0 atom stereocenters. The Morgan fingerprint density at radius 3 is 2.62 bits per heavy atom. The minimum Gasteiger partial charge on any atom is -0.497 e. The predicted molar refractivity (Wildman–Crippen MR) is 83.3 cm³/mol. The first-order valence-corrected chi connectivity index (χ1v) is 6.96. The lowest BCUT2D eigenvalue weighted by atomic mass is 10.1. The van der Waals surface area contributed by atoms with E-state index in [0.29, 0.717) is 17.3 Å². The number of rotatable bonds is 3. The summed E-state index contributed by atoms with van der Waals surface area (Å²) in [5.74, 6) is 1.26. The smallest absolute Gasteiger partial charge is 0.189 e. The standard InChI is InChI=1S/C14H12BrN5O/c1-21-11-6-7-13(16)12(8-11)14-17-18-19-20(14)10-4-2-9(15)3-5-10/h2-8H,16H2,1H3. The fourth-order valence-corrected chi connectivity index (χ4v) is 2.23. The quantitative estimate of drug-likeness (QED) is 0.738. The summed E-state index contributed by atoms with van der Waals surface area (Å²) in [5, 5.41) is 11.9. The van der Waals surface area contributed by atoms with Gasteiger partial charge in [-0.15, -0.1) is 5.10 Å². The third-order valence-electron chi connectivity index (χ3n) is 3.04. The summed E-state index contributed by atoms with van der Waals surface area (Å²) in [5.41, 5.74) is 8.19. The summed E-state index contributed by atoms with van der Waals surface area (Å²) in [6.07, 6.45) is 0. The first-order chi connectivity index (χ1) is 10.2. The van der Waals surface area contributed by atoms with E-state index in [2.05, 4.69) is 31.5 Å². The molecule has 0 bridgehead atoms. The van der Waals surface area contributed by atoms with E-state index in [1.54, 1.807) is 23.9 Å². The molecule has 0 saturated heterocycles. The molecule has 3 aromatic rings.